The van der Waals surface area contributed by atoms with Crippen molar-refractivity contribution in [3.8, 4) is 11.6 Å². The van der Waals surface area contributed by atoms with Gasteiger partial charge in [0, 0.05) is 17.2 Å². The van der Waals surface area contributed by atoms with E-state index in [0.717, 1.165) is 42.9 Å². The van der Waals surface area contributed by atoms with Gasteiger partial charge in [-0.1, -0.05) is 43.2 Å². The van der Waals surface area contributed by atoms with Gasteiger partial charge in [0.2, 0.25) is 5.88 Å². The first kappa shape index (κ1) is 21.6. The van der Waals surface area contributed by atoms with Gasteiger partial charge in [0.15, 0.2) is 9.84 Å². The Bertz CT molecular complexity index is 1060. The molecule has 1 amide bonds. The smallest absolute Gasteiger partial charge is 0.270 e. The molecule has 2 aliphatic rings. The molecule has 1 atom stereocenters. The lowest BCUT2D eigenvalue weighted by molar-refractivity contribution is 0.0935. The average Bonchev–Trinajstić information content (AvgIpc) is 3.45. The predicted octanol–water partition coefficient (Wildman–Crippen LogP) is 4.60. The number of nitrogens with one attached hydrogen (secondary N) is 1. The first-order chi connectivity index (χ1) is 14.9. The van der Waals surface area contributed by atoms with Crippen LogP contribution in [0.25, 0.3) is 0 Å². The maximum atomic E-state index is 12.9. The van der Waals surface area contributed by atoms with E-state index in [9.17, 15) is 13.2 Å². The molecule has 1 heterocycles. The van der Waals surface area contributed by atoms with Crippen LogP contribution in [0.1, 0.15) is 60.5 Å². The van der Waals surface area contributed by atoms with Crippen LogP contribution in [0.4, 0.5) is 0 Å². The third-order valence-corrected chi connectivity index (χ3v) is 6.49. The lowest BCUT2D eigenvalue weighted by atomic mass is 9.98. The minimum Gasteiger partial charge on any atom is -0.439 e. The number of carbonyl (C=O) groups excluding carboxylic acids is 1. The van der Waals surface area contributed by atoms with Crippen LogP contribution in [-0.2, 0) is 9.84 Å². The molecule has 1 N–H and O–H groups in total. The summed E-state index contributed by atoms with van der Waals surface area (Å²) in [5, 5.41) is 4.10. The van der Waals surface area contributed by atoms with Crippen molar-refractivity contribution < 1.29 is 17.9 Å². The molecule has 0 unspecified atom stereocenters. The summed E-state index contributed by atoms with van der Waals surface area (Å²) in [6.45, 7) is 0. The van der Waals surface area contributed by atoms with E-state index >= 15 is 0 Å². The highest BCUT2D eigenvalue weighted by molar-refractivity contribution is 7.93. The van der Waals surface area contributed by atoms with E-state index in [4.69, 9.17) is 4.74 Å². The number of ether oxygens (including phenoxy) is 1. The van der Waals surface area contributed by atoms with Crippen molar-refractivity contribution in [1.29, 1.82) is 0 Å². The molecule has 0 radical (unpaired) electrons. The molecule has 2 fully saturated rings. The van der Waals surface area contributed by atoms with E-state index in [1.165, 1.54) is 12.8 Å². The van der Waals surface area contributed by atoms with Gasteiger partial charge in [-0.25, -0.2) is 13.4 Å². The Morgan fingerprint density at radius 3 is 2.45 bits per heavy atom. The lowest BCUT2D eigenvalue weighted by Crippen LogP contribution is -2.35. The Labute approximate surface area is 183 Å². The summed E-state index contributed by atoms with van der Waals surface area (Å²) in [6.07, 6.45) is 9.22. The van der Waals surface area contributed by atoms with Gasteiger partial charge in [0.25, 0.3) is 5.91 Å². The molecule has 0 saturated heterocycles. The van der Waals surface area contributed by atoms with Crippen LogP contribution >= 0.6 is 0 Å². The van der Waals surface area contributed by atoms with Crippen LogP contribution in [0, 0.1) is 5.92 Å². The quantitative estimate of drug-likeness (QED) is 0.648. The average molecular weight is 441 g/mol. The molecule has 7 heteroatoms. The molecule has 4 rings (SSSR count). The highest BCUT2D eigenvalue weighted by atomic mass is 32.2. The maximum absolute atomic E-state index is 12.9. The number of carbonyl (C=O) groups is 1. The highest BCUT2D eigenvalue weighted by Gasteiger charge is 2.31. The predicted molar refractivity (Wildman–Crippen MR) is 120 cm³/mol. The van der Waals surface area contributed by atoms with Crippen LogP contribution in [0.3, 0.4) is 0 Å². The fourth-order valence-corrected chi connectivity index (χ4v) is 4.49. The van der Waals surface area contributed by atoms with Crippen LogP contribution in [0.2, 0.25) is 0 Å². The topological polar surface area (TPSA) is 85.4 Å². The van der Waals surface area contributed by atoms with Gasteiger partial charge in [-0.3, -0.25) is 4.79 Å². The number of amides is 1. The minimum absolute atomic E-state index is 0.264. The number of pyridine rings is 1. The van der Waals surface area contributed by atoms with Crippen molar-refractivity contribution in [3.63, 3.8) is 0 Å². The Hall–Kier alpha value is -2.67. The number of hydrogen-bond acceptors (Lipinski definition) is 5. The van der Waals surface area contributed by atoms with Gasteiger partial charge in [0.05, 0.1) is 6.04 Å². The Kier molecular flexibility index (Phi) is 6.41. The second-order valence-corrected chi connectivity index (χ2v) is 10.4. The summed E-state index contributed by atoms with van der Waals surface area (Å²) in [4.78, 5) is 17.5. The normalized spacial score (nSPS) is 18.2. The SMILES string of the molecule is CS(=O)(=O)/C=C/[C@@H](NC(=O)c1ccc(C2CCCC2)c(Oc2ccccc2)n1)C1CC1. The minimum atomic E-state index is -3.25. The van der Waals surface area contributed by atoms with Gasteiger partial charge >= 0.3 is 0 Å². The molecule has 164 valence electrons. The largest absolute Gasteiger partial charge is 0.439 e. The summed E-state index contributed by atoms with van der Waals surface area (Å²) in [6, 6.07) is 12.8. The molecule has 0 bridgehead atoms. The summed E-state index contributed by atoms with van der Waals surface area (Å²) in [7, 11) is -3.25. The van der Waals surface area contributed by atoms with Crippen molar-refractivity contribution in [1.82, 2.24) is 10.3 Å². The molecule has 6 nitrogen and oxygen atoms in total. The van der Waals surface area contributed by atoms with Crippen LogP contribution in [0.5, 0.6) is 11.6 Å². The molecular weight excluding hydrogens is 412 g/mol. The molecule has 2 aliphatic carbocycles. The van der Waals surface area contributed by atoms with Gasteiger partial charge in [0.1, 0.15) is 11.4 Å². The second-order valence-electron chi connectivity index (χ2n) is 8.48. The number of hydrogen-bond donors (Lipinski definition) is 1. The number of para-hydroxylation sites is 1. The van der Waals surface area contributed by atoms with E-state index in [1.54, 1.807) is 12.1 Å². The molecule has 1 aromatic carbocycles. The van der Waals surface area contributed by atoms with E-state index in [0.29, 0.717) is 17.5 Å². The van der Waals surface area contributed by atoms with Crippen molar-refractivity contribution in [2.24, 2.45) is 5.92 Å². The summed E-state index contributed by atoms with van der Waals surface area (Å²) in [5.41, 5.74) is 1.31. The van der Waals surface area contributed by atoms with Gasteiger partial charge < -0.3 is 10.1 Å². The van der Waals surface area contributed by atoms with E-state index in [2.05, 4.69) is 10.3 Å². The van der Waals surface area contributed by atoms with Gasteiger partial charge in [-0.15, -0.1) is 0 Å². The maximum Gasteiger partial charge on any atom is 0.270 e. The number of aromatic nitrogens is 1. The second kappa shape index (κ2) is 9.22. The van der Waals surface area contributed by atoms with Gasteiger partial charge in [-0.05, 0) is 55.7 Å². The molecule has 1 aromatic heterocycles. The van der Waals surface area contributed by atoms with Gasteiger partial charge in [-0.2, -0.15) is 0 Å². The van der Waals surface area contributed by atoms with E-state index in [1.807, 2.05) is 36.4 Å². The monoisotopic (exact) mass is 440 g/mol. The Balaban J connectivity index is 1.57. The Morgan fingerprint density at radius 1 is 1.10 bits per heavy atom. The van der Waals surface area contributed by atoms with Crippen LogP contribution < -0.4 is 10.1 Å². The fourth-order valence-electron chi connectivity index (χ4n) is 4.04. The van der Waals surface area contributed by atoms with Crippen molar-refractivity contribution >= 4 is 15.7 Å². The third kappa shape index (κ3) is 5.94. The molecule has 0 spiro atoms. The number of rotatable bonds is 8. The first-order valence-electron chi connectivity index (χ1n) is 10.8. The molecular formula is C24H28N2O4S. The number of nitrogens with zero attached hydrogens (tertiary/aromatic N) is 1. The third-order valence-electron chi connectivity index (χ3n) is 5.84. The van der Waals surface area contributed by atoms with Crippen molar-refractivity contribution in [3.05, 3.63) is 65.2 Å². The zero-order valence-electron chi connectivity index (χ0n) is 17.7. The lowest BCUT2D eigenvalue weighted by Gasteiger charge is -2.17. The summed E-state index contributed by atoms with van der Waals surface area (Å²) < 4.78 is 29.1. The molecule has 2 saturated carbocycles. The summed E-state index contributed by atoms with van der Waals surface area (Å²) in [5.74, 6) is 1.48. The van der Waals surface area contributed by atoms with Crippen LogP contribution in [-0.4, -0.2) is 31.6 Å². The number of sulfone groups is 1. The number of benzene rings is 1. The highest BCUT2D eigenvalue weighted by Crippen LogP contribution is 2.39. The zero-order valence-corrected chi connectivity index (χ0v) is 18.5. The molecule has 2 aromatic rings. The zero-order chi connectivity index (χ0) is 21.8. The first-order valence-corrected chi connectivity index (χ1v) is 12.8. The van der Waals surface area contributed by atoms with Crippen LogP contribution in [0.15, 0.2) is 53.9 Å². The van der Waals surface area contributed by atoms with Crippen molar-refractivity contribution in [2.45, 2.75) is 50.5 Å². The van der Waals surface area contributed by atoms with E-state index in [-0.39, 0.29) is 23.6 Å². The molecule has 0 aliphatic heterocycles. The Morgan fingerprint density at radius 2 is 1.81 bits per heavy atom. The standard InChI is InChI=1S/C24H28N2O4S/c1-31(28,29)16-15-21(18-11-12-18)25-23(27)22-14-13-20(17-7-5-6-8-17)24(26-22)30-19-9-3-2-4-10-19/h2-4,9-10,13-18,21H,5-8,11-12H2,1H3,(H,25,27)/b16-15+/t21-/m1/s1. The summed E-state index contributed by atoms with van der Waals surface area (Å²) >= 11 is 0. The van der Waals surface area contributed by atoms with E-state index < -0.39 is 9.84 Å². The molecule has 31 heavy (non-hydrogen) atoms. The fraction of sp³-hybridized carbons (Fsp3) is 0.417. The van der Waals surface area contributed by atoms with Crippen molar-refractivity contribution in [2.75, 3.05) is 6.26 Å².